The molecule has 1 saturated heterocycles. The molecule has 1 atom stereocenters. The summed E-state index contributed by atoms with van der Waals surface area (Å²) >= 11 is 0. The summed E-state index contributed by atoms with van der Waals surface area (Å²) in [5.74, 6) is 0.572. The molecular formula is C26H26N2O3. The van der Waals surface area contributed by atoms with E-state index < -0.39 is 0 Å². The Kier molecular flexibility index (Phi) is 6.32. The highest BCUT2D eigenvalue weighted by Crippen LogP contribution is 2.24. The van der Waals surface area contributed by atoms with Gasteiger partial charge in [-0.05, 0) is 54.3 Å². The second-order valence-electron chi connectivity index (χ2n) is 7.71. The van der Waals surface area contributed by atoms with Crippen LogP contribution in [0.5, 0.6) is 5.75 Å². The minimum Gasteiger partial charge on any atom is -0.484 e. The minimum atomic E-state index is -0.182. The van der Waals surface area contributed by atoms with Gasteiger partial charge in [0, 0.05) is 18.7 Å². The minimum absolute atomic E-state index is 0.0611. The summed E-state index contributed by atoms with van der Waals surface area (Å²) in [5, 5.41) is 2.97. The summed E-state index contributed by atoms with van der Waals surface area (Å²) in [4.78, 5) is 25.9. The number of ether oxygens (including phenoxy) is 1. The van der Waals surface area contributed by atoms with E-state index in [1.54, 1.807) is 17.0 Å². The highest BCUT2D eigenvalue weighted by Gasteiger charge is 2.21. The Morgan fingerprint density at radius 2 is 1.65 bits per heavy atom. The zero-order valence-electron chi connectivity index (χ0n) is 17.6. The van der Waals surface area contributed by atoms with Gasteiger partial charge in [-0.15, -0.1) is 0 Å². The third-order valence-electron chi connectivity index (χ3n) is 5.49. The number of hydrogen-bond acceptors (Lipinski definition) is 3. The fourth-order valence-corrected chi connectivity index (χ4v) is 3.75. The topological polar surface area (TPSA) is 58.6 Å². The molecule has 5 heteroatoms. The first kappa shape index (κ1) is 20.7. The van der Waals surface area contributed by atoms with Crippen molar-refractivity contribution >= 4 is 17.5 Å². The van der Waals surface area contributed by atoms with E-state index in [1.807, 2.05) is 49.4 Å². The number of nitrogens with zero attached hydrogens (tertiary/aromatic N) is 1. The smallest absolute Gasteiger partial charge is 0.258 e. The second kappa shape index (κ2) is 9.47. The predicted molar refractivity (Wildman–Crippen MR) is 122 cm³/mol. The molecule has 0 aromatic heterocycles. The predicted octanol–water partition coefficient (Wildman–Crippen LogP) is 4.74. The third-order valence-corrected chi connectivity index (χ3v) is 5.49. The summed E-state index contributed by atoms with van der Waals surface area (Å²) in [7, 11) is 0. The molecule has 0 saturated carbocycles. The van der Waals surface area contributed by atoms with Crippen LogP contribution in [0, 0.1) is 0 Å². The first-order valence-electron chi connectivity index (χ1n) is 10.6. The molecule has 1 aliphatic heterocycles. The molecule has 3 aromatic rings. The molecule has 1 fully saturated rings. The van der Waals surface area contributed by atoms with Crippen LogP contribution in [0.15, 0.2) is 78.9 Å². The van der Waals surface area contributed by atoms with E-state index in [1.165, 1.54) is 5.56 Å². The van der Waals surface area contributed by atoms with Gasteiger partial charge in [-0.1, -0.05) is 54.6 Å². The maximum Gasteiger partial charge on any atom is 0.258 e. The van der Waals surface area contributed by atoms with E-state index in [4.69, 9.17) is 4.74 Å². The summed E-state index contributed by atoms with van der Waals surface area (Å²) < 4.78 is 5.61. The van der Waals surface area contributed by atoms with E-state index >= 15 is 0 Å². The fourth-order valence-electron chi connectivity index (χ4n) is 3.75. The first-order chi connectivity index (χ1) is 15.1. The van der Waals surface area contributed by atoms with Crippen LogP contribution in [0.25, 0.3) is 11.1 Å². The van der Waals surface area contributed by atoms with Crippen molar-refractivity contribution in [1.82, 2.24) is 5.32 Å². The standard InChI is InChI=1S/C26H26N2O3/c1-19(20-9-11-22(12-10-20)21-6-3-2-4-7-21)27-25(29)18-31-24-15-13-23(14-16-24)28-17-5-8-26(28)30/h2-4,6-7,9-16,19H,5,8,17-18H2,1H3,(H,27,29)/t19-/m0/s1. The molecule has 0 radical (unpaired) electrons. The first-order valence-corrected chi connectivity index (χ1v) is 10.6. The average Bonchev–Trinajstić information content (AvgIpc) is 3.24. The van der Waals surface area contributed by atoms with Crippen LogP contribution in [-0.4, -0.2) is 25.0 Å². The molecule has 0 spiro atoms. The Bertz CT molecular complexity index is 1030. The van der Waals surface area contributed by atoms with Crippen molar-refractivity contribution in [3.8, 4) is 16.9 Å². The van der Waals surface area contributed by atoms with Crippen LogP contribution in [0.2, 0.25) is 0 Å². The molecular weight excluding hydrogens is 388 g/mol. The quantitative estimate of drug-likeness (QED) is 0.608. The van der Waals surface area contributed by atoms with E-state index in [9.17, 15) is 9.59 Å². The molecule has 4 rings (SSSR count). The monoisotopic (exact) mass is 414 g/mol. The summed E-state index contributed by atoms with van der Waals surface area (Å²) in [6, 6.07) is 25.6. The van der Waals surface area contributed by atoms with Crippen molar-refractivity contribution in [2.75, 3.05) is 18.1 Å². The molecule has 0 unspecified atom stereocenters. The van der Waals surface area contributed by atoms with Gasteiger partial charge in [0.25, 0.3) is 5.91 Å². The molecule has 1 heterocycles. The third kappa shape index (κ3) is 5.12. The van der Waals surface area contributed by atoms with Gasteiger partial charge in [0.15, 0.2) is 6.61 Å². The van der Waals surface area contributed by atoms with Gasteiger partial charge in [-0.25, -0.2) is 0 Å². The Hall–Kier alpha value is -3.60. The largest absolute Gasteiger partial charge is 0.484 e. The van der Waals surface area contributed by atoms with E-state index in [0.717, 1.165) is 29.8 Å². The lowest BCUT2D eigenvalue weighted by atomic mass is 10.0. The van der Waals surface area contributed by atoms with Crippen LogP contribution in [-0.2, 0) is 9.59 Å². The molecule has 31 heavy (non-hydrogen) atoms. The summed E-state index contributed by atoms with van der Waals surface area (Å²) in [6.07, 6.45) is 1.50. The Morgan fingerprint density at radius 3 is 2.29 bits per heavy atom. The van der Waals surface area contributed by atoms with Crippen LogP contribution in [0.4, 0.5) is 5.69 Å². The number of anilines is 1. The van der Waals surface area contributed by atoms with Gasteiger partial charge in [-0.2, -0.15) is 0 Å². The van der Waals surface area contributed by atoms with Crippen molar-refractivity contribution < 1.29 is 14.3 Å². The van der Waals surface area contributed by atoms with Crippen LogP contribution in [0.1, 0.15) is 31.4 Å². The Labute approximate surface area is 182 Å². The number of amides is 2. The number of carbonyl (C=O) groups excluding carboxylic acids is 2. The maximum atomic E-state index is 12.3. The zero-order chi connectivity index (χ0) is 21.6. The SMILES string of the molecule is C[C@H](NC(=O)COc1ccc(N2CCCC2=O)cc1)c1ccc(-c2ccccc2)cc1. The van der Waals surface area contributed by atoms with Crippen LogP contribution in [0.3, 0.4) is 0 Å². The molecule has 3 aromatic carbocycles. The lowest BCUT2D eigenvalue weighted by molar-refractivity contribution is -0.123. The Morgan fingerprint density at radius 1 is 0.968 bits per heavy atom. The average molecular weight is 415 g/mol. The van der Waals surface area contributed by atoms with Gasteiger partial charge in [0.05, 0.1) is 6.04 Å². The number of benzene rings is 3. The highest BCUT2D eigenvalue weighted by molar-refractivity contribution is 5.95. The summed E-state index contributed by atoms with van der Waals surface area (Å²) in [5.41, 5.74) is 4.21. The number of hydrogen-bond donors (Lipinski definition) is 1. The second-order valence-corrected chi connectivity index (χ2v) is 7.71. The van der Waals surface area contributed by atoms with Gasteiger partial charge in [0.1, 0.15) is 5.75 Å². The van der Waals surface area contributed by atoms with Crippen molar-refractivity contribution in [3.63, 3.8) is 0 Å². The van der Waals surface area contributed by atoms with E-state index in [-0.39, 0.29) is 24.5 Å². The van der Waals surface area contributed by atoms with Crippen LogP contribution >= 0.6 is 0 Å². The molecule has 5 nitrogen and oxygen atoms in total. The lowest BCUT2D eigenvalue weighted by Crippen LogP contribution is -2.31. The molecule has 1 aliphatic rings. The van der Waals surface area contributed by atoms with Gasteiger partial charge in [0.2, 0.25) is 5.91 Å². The van der Waals surface area contributed by atoms with Crippen molar-refractivity contribution in [3.05, 3.63) is 84.4 Å². The lowest BCUT2D eigenvalue weighted by Gasteiger charge is -2.17. The zero-order valence-corrected chi connectivity index (χ0v) is 17.6. The van der Waals surface area contributed by atoms with Crippen molar-refractivity contribution in [2.24, 2.45) is 0 Å². The van der Waals surface area contributed by atoms with Gasteiger partial charge < -0.3 is 15.0 Å². The molecule has 158 valence electrons. The van der Waals surface area contributed by atoms with Gasteiger partial charge >= 0.3 is 0 Å². The number of nitrogens with one attached hydrogen (secondary N) is 1. The van der Waals surface area contributed by atoms with E-state index in [0.29, 0.717) is 12.2 Å². The molecule has 1 N–H and O–H groups in total. The fraction of sp³-hybridized carbons (Fsp3) is 0.231. The number of rotatable bonds is 7. The Balaban J connectivity index is 1.28. The summed E-state index contributed by atoms with van der Waals surface area (Å²) in [6.45, 7) is 2.65. The number of carbonyl (C=O) groups is 2. The maximum absolute atomic E-state index is 12.3. The molecule has 0 aliphatic carbocycles. The molecule has 0 bridgehead atoms. The van der Waals surface area contributed by atoms with E-state index in [2.05, 4.69) is 29.6 Å². The van der Waals surface area contributed by atoms with Gasteiger partial charge in [-0.3, -0.25) is 9.59 Å². The van der Waals surface area contributed by atoms with Crippen molar-refractivity contribution in [2.45, 2.75) is 25.8 Å². The van der Waals surface area contributed by atoms with Crippen LogP contribution < -0.4 is 15.0 Å². The normalized spacial score (nSPS) is 14.4. The highest BCUT2D eigenvalue weighted by atomic mass is 16.5. The molecule has 2 amide bonds. The van der Waals surface area contributed by atoms with Crippen molar-refractivity contribution in [1.29, 1.82) is 0 Å².